The van der Waals surface area contributed by atoms with E-state index in [4.69, 9.17) is 17.3 Å². The van der Waals surface area contributed by atoms with Crippen LogP contribution in [0.25, 0.3) is 20.5 Å². The molecule has 3 heterocycles. The first-order chi connectivity index (χ1) is 12.1. The van der Waals surface area contributed by atoms with Gasteiger partial charge in [-0.05, 0) is 43.1 Å². The molecule has 1 aliphatic heterocycles. The maximum Gasteiger partial charge on any atom is 0.270 e. The number of thiophene rings is 1. The summed E-state index contributed by atoms with van der Waals surface area (Å²) >= 11 is 7.57. The SMILES string of the molecule is NC(=O)c1nnc(NC2CCCN2)c2cc(-c3cccc(Cl)c3)sc12. The van der Waals surface area contributed by atoms with Gasteiger partial charge in [0.1, 0.15) is 0 Å². The average Bonchev–Trinajstić information content (AvgIpc) is 3.24. The lowest BCUT2D eigenvalue weighted by Crippen LogP contribution is -2.30. The molecule has 1 unspecified atom stereocenters. The van der Waals surface area contributed by atoms with Crippen molar-refractivity contribution in [1.29, 1.82) is 0 Å². The standard InChI is InChI=1S/C17H16ClN5OS/c18-10-4-1-3-9(7-10)12-8-11-15(25-12)14(16(19)24)22-23-17(11)21-13-5-2-6-20-13/h1,3-4,7-8,13,20H,2,5-6H2,(H2,19,24)(H,21,23). The van der Waals surface area contributed by atoms with Crippen LogP contribution in [-0.4, -0.2) is 28.8 Å². The summed E-state index contributed by atoms with van der Waals surface area (Å²) < 4.78 is 0.734. The minimum absolute atomic E-state index is 0.159. The van der Waals surface area contributed by atoms with Crippen LogP contribution in [0.4, 0.5) is 5.82 Å². The summed E-state index contributed by atoms with van der Waals surface area (Å²) in [5.41, 5.74) is 6.65. The van der Waals surface area contributed by atoms with Gasteiger partial charge in [0, 0.05) is 15.3 Å². The van der Waals surface area contributed by atoms with Crippen LogP contribution in [0, 0.1) is 0 Å². The Hall–Kier alpha value is -2.22. The molecule has 0 aliphatic carbocycles. The summed E-state index contributed by atoms with van der Waals surface area (Å²) in [6.45, 7) is 0.977. The smallest absolute Gasteiger partial charge is 0.270 e. The number of fused-ring (bicyclic) bond motifs is 1. The number of nitrogens with two attached hydrogens (primary N) is 1. The third-order valence-corrected chi connectivity index (χ3v) is 5.59. The van der Waals surface area contributed by atoms with Crippen LogP contribution < -0.4 is 16.4 Å². The van der Waals surface area contributed by atoms with Crippen molar-refractivity contribution in [3.05, 3.63) is 41.0 Å². The molecule has 1 saturated heterocycles. The molecule has 8 heteroatoms. The third kappa shape index (κ3) is 3.18. The molecule has 1 aromatic carbocycles. The number of carbonyl (C=O) groups is 1. The summed E-state index contributed by atoms with van der Waals surface area (Å²) in [5, 5.41) is 16.5. The van der Waals surface area contributed by atoms with E-state index in [-0.39, 0.29) is 11.9 Å². The van der Waals surface area contributed by atoms with Crippen molar-refractivity contribution >= 4 is 44.7 Å². The summed E-state index contributed by atoms with van der Waals surface area (Å²) in [5.74, 6) is 0.0754. The number of nitrogens with one attached hydrogen (secondary N) is 2. The normalized spacial score (nSPS) is 17.1. The van der Waals surface area contributed by atoms with Crippen LogP contribution in [0.2, 0.25) is 5.02 Å². The Kier molecular flexibility index (Phi) is 4.29. The lowest BCUT2D eigenvalue weighted by atomic mass is 10.1. The quantitative estimate of drug-likeness (QED) is 0.652. The van der Waals surface area contributed by atoms with Gasteiger partial charge >= 0.3 is 0 Å². The summed E-state index contributed by atoms with van der Waals surface area (Å²) in [6.07, 6.45) is 2.29. The van der Waals surface area contributed by atoms with Gasteiger partial charge in [-0.3, -0.25) is 10.1 Å². The molecule has 128 valence electrons. The first-order valence-electron chi connectivity index (χ1n) is 7.98. The van der Waals surface area contributed by atoms with E-state index in [1.54, 1.807) is 0 Å². The van der Waals surface area contributed by atoms with Crippen molar-refractivity contribution in [3.8, 4) is 10.4 Å². The molecule has 4 N–H and O–H groups in total. The van der Waals surface area contributed by atoms with E-state index in [2.05, 4.69) is 20.8 Å². The zero-order valence-corrected chi connectivity index (χ0v) is 14.8. The molecule has 1 atom stereocenters. The number of anilines is 1. The van der Waals surface area contributed by atoms with Crippen LogP contribution in [0.1, 0.15) is 23.3 Å². The van der Waals surface area contributed by atoms with Crippen molar-refractivity contribution in [2.75, 3.05) is 11.9 Å². The van der Waals surface area contributed by atoms with Crippen molar-refractivity contribution in [2.45, 2.75) is 19.0 Å². The number of hydrogen-bond acceptors (Lipinski definition) is 6. The second-order valence-corrected chi connectivity index (χ2v) is 7.41. The van der Waals surface area contributed by atoms with E-state index < -0.39 is 5.91 Å². The molecule has 0 spiro atoms. The molecule has 2 aromatic heterocycles. The lowest BCUT2D eigenvalue weighted by Gasteiger charge is -2.13. The Balaban J connectivity index is 1.84. The molecule has 25 heavy (non-hydrogen) atoms. The van der Waals surface area contributed by atoms with Crippen molar-refractivity contribution in [1.82, 2.24) is 15.5 Å². The first kappa shape index (κ1) is 16.3. The predicted octanol–water partition coefficient (Wildman–Crippen LogP) is 3.23. The van der Waals surface area contributed by atoms with Gasteiger partial charge in [0.2, 0.25) is 0 Å². The van der Waals surface area contributed by atoms with Crippen LogP contribution in [0.5, 0.6) is 0 Å². The van der Waals surface area contributed by atoms with Crippen LogP contribution >= 0.6 is 22.9 Å². The minimum Gasteiger partial charge on any atom is -0.364 e. The highest BCUT2D eigenvalue weighted by molar-refractivity contribution is 7.22. The molecule has 1 amide bonds. The number of halogens is 1. The average molecular weight is 374 g/mol. The topological polar surface area (TPSA) is 92.9 Å². The van der Waals surface area contributed by atoms with Gasteiger partial charge in [0.05, 0.1) is 10.9 Å². The Labute approximate surface area is 153 Å². The number of nitrogens with zero attached hydrogens (tertiary/aromatic N) is 2. The number of rotatable bonds is 4. The van der Waals surface area contributed by atoms with Gasteiger partial charge < -0.3 is 11.1 Å². The number of primary amides is 1. The second-order valence-electron chi connectivity index (χ2n) is 5.92. The maximum absolute atomic E-state index is 11.7. The zero-order valence-electron chi connectivity index (χ0n) is 13.3. The van der Waals surface area contributed by atoms with Crippen LogP contribution in [-0.2, 0) is 0 Å². The minimum atomic E-state index is -0.581. The Morgan fingerprint density at radius 1 is 1.36 bits per heavy atom. The molecule has 0 radical (unpaired) electrons. The van der Waals surface area contributed by atoms with E-state index in [1.807, 2.05) is 30.3 Å². The fourth-order valence-electron chi connectivity index (χ4n) is 2.97. The van der Waals surface area contributed by atoms with E-state index in [9.17, 15) is 4.79 Å². The van der Waals surface area contributed by atoms with Gasteiger partial charge in [-0.15, -0.1) is 21.5 Å². The molecule has 0 saturated carbocycles. The predicted molar refractivity (Wildman–Crippen MR) is 101 cm³/mol. The van der Waals surface area contributed by atoms with E-state index in [1.165, 1.54) is 11.3 Å². The third-order valence-electron chi connectivity index (χ3n) is 4.17. The molecule has 0 bridgehead atoms. The Morgan fingerprint density at radius 2 is 2.24 bits per heavy atom. The lowest BCUT2D eigenvalue weighted by molar-refractivity contribution is 0.0996. The number of amides is 1. The van der Waals surface area contributed by atoms with Gasteiger partial charge in [0.15, 0.2) is 11.5 Å². The van der Waals surface area contributed by atoms with Crippen LogP contribution in [0.3, 0.4) is 0 Å². The molecule has 3 aromatic rings. The molecule has 4 rings (SSSR count). The van der Waals surface area contributed by atoms with E-state index in [0.29, 0.717) is 10.8 Å². The van der Waals surface area contributed by atoms with Gasteiger partial charge in [-0.2, -0.15) is 0 Å². The zero-order chi connectivity index (χ0) is 17.4. The highest BCUT2D eigenvalue weighted by Crippen LogP contribution is 2.38. The molecular weight excluding hydrogens is 358 g/mol. The van der Waals surface area contributed by atoms with E-state index >= 15 is 0 Å². The van der Waals surface area contributed by atoms with E-state index in [0.717, 1.165) is 39.9 Å². The second kappa shape index (κ2) is 6.59. The number of hydrogen-bond donors (Lipinski definition) is 3. The summed E-state index contributed by atoms with van der Waals surface area (Å²) in [6, 6.07) is 9.60. The number of carbonyl (C=O) groups excluding carboxylic acids is 1. The fourth-order valence-corrected chi connectivity index (χ4v) is 4.30. The van der Waals surface area contributed by atoms with Crippen molar-refractivity contribution < 1.29 is 4.79 Å². The largest absolute Gasteiger partial charge is 0.364 e. The highest BCUT2D eigenvalue weighted by Gasteiger charge is 2.20. The monoisotopic (exact) mass is 373 g/mol. The Morgan fingerprint density at radius 3 is 2.96 bits per heavy atom. The van der Waals surface area contributed by atoms with Crippen molar-refractivity contribution in [3.63, 3.8) is 0 Å². The van der Waals surface area contributed by atoms with Gasteiger partial charge in [-0.25, -0.2) is 0 Å². The fraction of sp³-hybridized carbons (Fsp3) is 0.235. The van der Waals surface area contributed by atoms with Crippen LogP contribution in [0.15, 0.2) is 30.3 Å². The van der Waals surface area contributed by atoms with Gasteiger partial charge in [0.25, 0.3) is 5.91 Å². The maximum atomic E-state index is 11.7. The number of benzene rings is 1. The molecule has 1 aliphatic rings. The molecular formula is C17H16ClN5OS. The summed E-state index contributed by atoms with van der Waals surface area (Å²) in [7, 11) is 0. The highest BCUT2D eigenvalue weighted by atomic mass is 35.5. The molecule has 6 nitrogen and oxygen atoms in total. The summed E-state index contributed by atoms with van der Waals surface area (Å²) in [4.78, 5) is 12.7. The molecule has 1 fully saturated rings. The van der Waals surface area contributed by atoms with Gasteiger partial charge in [-0.1, -0.05) is 23.7 Å². The number of aromatic nitrogens is 2. The first-order valence-corrected chi connectivity index (χ1v) is 9.17. The van der Waals surface area contributed by atoms with Crippen molar-refractivity contribution in [2.24, 2.45) is 5.73 Å². The Bertz CT molecular complexity index is 951.